The molecule has 0 amide bonds. The van der Waals surface area contributed by atoms with Gasteiger partial charge < -0.3 is 30.1 Å². The van der Waals surface area contributed by atoms with Crippen molar-refractivity contribution in [1.29, 1.82) is 0 Å². The first-order valence-electron chi connectivity index (χ1n) is 11.5. The van der Waals surface area contributed by atoms with E-state index in [4.69, 9.17) is 9.47 Å². The smallest absolute Gasteiger partial charge is 0.339 e. The summed E-state index contributed by atoms with van der Waals surface area (Å²) in [6, 6.07) is 16.5. The summed E-state index contributed by atoms with van der Waals surface area (Å²) in [5, 5.41) is 32.6. The van der Waals surface area contributed by atoms with Gasteiger partial charge in [-0.3, -0.25) is 4.72 Å². The third kappa shape index (κ3) is 8.10. The fourth-order valence-corrected chi connectivity index (χ4v) is 4.10. The van der Waals surface area contributed by atoms with Gasteiger partial charge in [-0.15, -0.1) is 0 Å². The van der Waals surface area contributed by atoms with Gasteiger partial charge in [0, 0.05) is 13.1 Å². The van der Waals surface area contributed by atoms with E-state index in [0.717, 1.165) is 17.4 Å². The zero-order valence-electron chi connectivity index (χ0n) is 20.5. The van der Waals surface area contributed by atoms with E-state index in [1.165, 1.54) is 24.3 Å². The van der Waals surface area contributed by atoms with Crippen LogP contribution in [0.25, 0.3) is 11.1 Å². The van der Waals surface area contributed by atoms with E-state index < -0.39 is 22.1 Å². The number of aromatic carboxylic acids is 1. The third-order valence-electron chi connectivity index (χ3n) is 5.29. The Bertz CT molecular complexity index is 1330. The molecule has 0 saturated heterocycles. The number of hydrogen-bond acceptors (Lipinski definition) is 8. The van der Waals surface area contributed by atoms with Crippen LogP contribution >= 0.6 is 0 Å². The maximum Gasteiger partial charge on any atom is 0.339 e. The number of hydrogen-bond donors (Lipinski definition) is 5. The average molecular weight is 531 g/mol. The molecule has 0 unspecified atom stereocenters. The monoisotopic (exact) mass is 530 g/mol. The number of aliphatic hydroxyl groups is 1. The van der Waals surface area contributed by atoms with E-state index in [1.54, 1.807) is 19.1 Å². The summed E-state index contributed by atoms with van der Waals surface area (Å²) in [4.78, 5) is 11.4. The van der Waals surface area contributed by atoms with Crippen molar-refractivity contribution in [2.75, 3.05) is 37.3 Å². The lowest BCUT2D eigenvalue weighted by Crippen LogP contribution is -2.26. The van der Waals surface area contributed by atoms with Gasteiger partial charge in [-0.25, -0.2) is 13.2 Å². The van der Waals surface area contributed by atoms with E-state index in [0.29, 0.717) is 36.8 Å². The number of ether oxygens (including phenoxy) is 2. The molecule has 0 aliphatic heterocycles. The Morgan fingerprint density at radius 2 is 1.70 bits per heavy atom. The summed E-state index contributed by atoms with van der Waals surface area (Å²) >= 11 is 0. The van der Waals surface area contributed by atoms with Gasteiger partial charge in [-0.05, 0) is 60.0 Å². The van der Waals surface area contributed by atoms with Gasteiger partial charge in [-0.1, -0.05) is 24.3 Å². The molecular formula is C26H30N2O8S. The first kappa shape index (κ1) is 27.8. The molecule has 3 aromatic carbocycles. The number of phenols is 1. The number of benzene rings is 3. The number of phenolic OH excluding ortho intramolecular Hbond substituents is 1. The maximum atomic E-state index is 11.4. The van der Waals surface area contributed by atoms with Gasteiger partial charge in [0.1, 0.15) is 29.4 Å². The van der Waals surface area contributed by atoms with Gasteiger partial charge in [-0.2, -0.15) is 0 Å². The number of rotatable bonds is 13. The SMILES string of the molecule is CCOc1cc(-c2ccc(OCCNC[C@H](O)c3ccc(O)c(NS(C)(=O)=O)c3)cc2)ccc1C(=O)O. The Morgan fingerprint density at radius 1 is 1.00 bits per heavy atom. The predicted molar refractivity (Wildman–Crippen MR) is 140 cm³/mol. The zero-order chi connectivity index (χ0) is 27.0. The predicted octanol–water partition coefficient (Wildman–Crippen LogP) is 3.23. The van der Waals surface area contributed by atoms with Gasteiger partial charge in [0.2, 0.25) is 10.0 Å². The Kier molecular flexibility index (Phi) is 9.34. The lowest BCUT2D eigenvalue weighted by Gasteiger charge is -2.15. The van der Waals surface area contributed by atoms with Gasteiger partial charge >= 0.3 is 5.97 Å². The minimum absolute atomic E-state index is 0.00206. The van der Waals surface area contributed by atoms with Crippen molar-refractivity contribution in [3.05, 3.63) is 71.8 Å². The van der Waals surface area contributed by atoms with Crippen LogP contribution in [0, 0.1) is 0 Å². The number of nitrogens with one attached hydrogen (secondary N) is 2. The molecule has 0 aliphatic carbocycles. The summed E-state index contributed by atoms with van der Waals surface area (Å²) < 4.78 is 36.3. The molecule has 11 heteroatoms. The molecule has 0 radical (unpaired) electrons. The first-order chi connectivity index (χ1) is 17.6. The molecule has 0 fully saturated rings. The largest absolute Gasteiger partial charge is 0.506 e. The minimum atomic E-state index is -3.57. The van der Waals surface area contributed by atoms with Crippen molar-refractivity contribution in [2.45, 2.75) is 13.0 Å². The van der Waals surface area contributed by atoms with E-state index in [1.807, 2.05) is 24.3 Å². The molecule has 0 spiro atoms. The Morgan fingerprint density at radius 3 is 2.35 bits per heavy atom. The molecule has 1 atom stereocenters. The molecule has 37 heavy (non-hydrogen) atoms. The summed E-state index contributed by atoms with van der Waals surface area (Å²) in [6.45, 7) is 3.13. The molecule has 0 aromatic heterocycles. The molecule has 10 nitrogen and oxygen atoms in total. The molecule has 0 aliphatic rings. The summed E-state index contributed by atoms with van der Waals surface area (Å²) in [7, 11) is -3.57. The highest BCUT2D eigenvalue weighted by atomic mass is 32.2. The second-order valence-electron chi connectivity index (χ2n) is 8.19. The molecule has 0 saturated carbocycles. The number of sulfonamides is 1. The standard InChI is InChI=1S/C26H30N2O8S/c1-3-35-25-15-18(6-10-21(25)26(31)32)17-4-8-20(9-5-17)36-13-12-27-16-24(30)19-7-11-23(29)22(14-19)28-37(2,33)34/h4-11,14-15,24,27-30H,3,12-13,16H2,1-2H3,(H,31,32)/t24-/m0/s1. The second kappa shape index (κ2) is 12.4. The van der Waals surface area contributed by atoms with Crippen LogP contribution in [0.1, 0.15) is 28.9 Å². The number of carbonyl (C=O) groups is 1. The molecule has 3 aromatic rings. The zero-order valence-corrected chi connectivity index (χ0v) is 21.3. The Labute approximate surface area is 215 Å². The number of carboxylic acid groups (broad SMARTS) is 1. The van der Waals surface area contributed by atoms with E-state index >= 15 is 0 Å². The quantitative estimate of drug-likeness (QED) is 0.165. The average Bonchev–Trinajstić information content (AvgIpc) is 2.84. The maximum absolute atomic E-state index is 11.4. The highest BCUT2D eigenvalue weighted by Crippen LogP contribution is 2.29. The van der Waals surface area contributed by atoms with Crippen molar-refractivity contribution in [3.63, 3.8) is 0 Å². The topological polar surface area (TPSA) is 154 Å². The van der Waals surface area contributed by atoms with E-state index in [9.17, 15) is 28.5 Å². The Balaban J connectivity index is 1.50. The van der Waals surface area contributed by atoms with Crippen LogP contribution in [-0.2, 0) is 10.0 Å². The van der Waals surface area contributed by atoms with Crippen LogP contribution in [-0.4, -0.2) is 62.3 Å². The minimum Gasteiger partial charge on any atom is -0.506 e. The van der Waals surface area contributed by atoms with Gasteiger partial charge in [0.05, 0.1) is 24.7 Å². The van der Waals surface area contributed by atoms with Crippen LogP contribution in [0.5, 0.6) is 17.2 Å². The lowest BCUT2D eigenvalue weighted by atomic mass is 10.0. The molecular weight excluding hydrogens is 500 g/mol. The summed E-state index contributed by atoms with van der Waals surface area (Å²) in [5.74, 6) is -0.318. The molecule has 5 N–H and O–H groups in total. The highest BCUT2D eigenvalue weighted by molar-refractivity contribution is 7.92. The number of aromatic hydroxyl groups is 1. The van der Waals surface area contributed by atoms with Crippen molar-refractivity contribution in [3.8, 4) is 28.4 Å². The van der Waals surface area contributed by atoms with Gasteiger partial charge in [0.15, 0.2) is 0 Å². The van der Waals surface area contributed by atoms with Crippen molar-refractivity contribution in [2.24, 2.45) is 0 Å². The molecule has 0 heterocycles. The van der Waals surface area contributed by atoms with Crippen LogP contribution in [0.3, 0.4) is 0 Å². The fraction of sp³-hybridized carbons (Fsp3) is 0.269. The molecule has 3 rings (SSSR count). The van der Waals surface area contributed by atoms with Crippen LogP contribution in [0.2, 0.25) is 0 Å². The van der Waals surface area contributed by atoms with Crippen molar-refractivity contribution >= 4 is 21.7 Å². The second-order valence-corrected chi connectivity index (χ2v) is 9.94. The van der Waals surface area contributed by atoms with Gasteiger partial charge in [0.25, 0.3) is 0 Å². The van der Waals surface area contributed by atoms with E-state index in [2.05, 4.69) is 10.0 Å². The normalized spacial score (nSPS) is 12.1. The molecule has 0 bridgehead atoms. The van der Waals surface area contributed by atoms with Crippen molar-refractivity contribution < 1.29 is 38.0 Å². The lowest BCUT2D eigenvalue weighted by molar-refractivity contribution is 0.0692. The Hall–Kier alpha value is -3.80. The highest BCUT2D eigenvalue weighted by Gasteiger charge is 2.14. The number of anilines is 1. The van der Waals surface area contributed by atoms with Crippen LogP contribution in [0.15, 0.2) is 60.7 Å². The first-order valence-corrected chi connectivity index (χ1v) is 13.4. The fourth-order valence-electron chi connectivity index (χ4n) is 3.54. The van der Waals surface area contributed by atoms with Crippen LogP contribution in [0.4, 0.5) is 5.69 Å². The van der Waals surface area contributed by atoms with Crippen LogP contribution < -0.4 is 19.5 Å². The molecule has 198 valence electrons. The van der Waals surface area contributed by atoms with Crippen molar-refractivity contribution in [1.82, 2.24) is 5.32 Å². The number of aliphatic hydroxyl groups excluding tert-OH is 1. The van der Waals surface area contributed by atoms with E-state index in [-0.39, 0.29) is 23.5 Å². The third-order valence-corrected chi connectivity index (χ3v) is 5.88. The summed E-state index contributed by atoms with van der Waals surface area (Å²) in [6.07, 6.45) is 0.0515. The number of carboxylic acids is 1. The summed E-state index contributed by atoms with van der Waals surface area (Å²) in [5.41, 5.74) is 2.25.